The predicted octanol–water partition coefficient (Wildman–Crippen LogP) is 3.06. The highest BCUT2D eigenvalue weighted by Crippen LogP contribution is 2.26. The fraction of sp³-hybridized carbons (Fsp3) is 0.333. The zero-order valence-corrected chi connectivity index (χ0v) is 14.2. The number of halogens is 3. The number of carbonyl (C=O) groups excluding carboxylic acids is 1. The molecule has 0 fully saturated rings. The van der Waals surface area contributed by atoms with E-state index < -0.39 is 25.0 Å². The van der Waals surface area contributed by atoms with Gasteiger partial charge >= 0.3 is 6.18 Å². The van der Waals surface area contributed by atoms with E-state index in [1.165, 1.54) is 13.1 Å². The number of alkyl halides is 3. The Labute approximate surface area is 147 Å². The molecule has 8 nitrogen and oxygen atoms in total. The number of carbonyl (C=O) groups is 1. The average Bonchev–Trinajstić information content (AvgIpc) is 3.09. The predicted molar refractivity (Wildman–Crippen MR) is 90.5 cm³/mol. The molecular weight excluding hydrogens is 351 g/mol. The number of nitrogens with one attached hydrogen (secondary N) is 4. The number of aromatic amines is 1. The van der Waals surface area contributed by atoms with Crippen molar-refractivity contribution in [2.75, 3.05) is 10.6 Å². The summed E-state index contributed by atoms with van der Waals surface area (Å²) in [6.45, 7) is 6.12. The van der Waals surface area contributed by atoms with Gasteiger partial charge in [0.15, 0.2) is 11.5 Å². The molecule has 0 saturated heterocycles. The van der Waals surface area contributed by atoms with Gasteiger partial charge in [-0.3, -0.25) is 9.89 Å². The van der Waals surface area contributed by atoms with Crippen LogP contribution in [0.25, 0.3) is 0 Å². The summed E-state index contributed by atoms with van der Waals surface area (Å²) >= 11 is 0. The quantitative estimate of drug-likeness (QED) is 0.562. The lowest BCUT2D eigenvalue weighted by Gasteiger charge is -2.10. The SMILES string of the molecule is C=CNc1c(C(C)=N)c(C(=O)Nc2cc(C)[nH]n2)nn1CCC(F)(F)F. The lowest BCUT2D eigenvalue weighted by atomic mass is 10.1. The van der Waals surface area contributed by atoms with E-state index in [-0.39, 0.29) is 28.6 Å². The van der Waals surface area contributed by atoms with Crippen LogP contribution >= 0.6 is 0 Å². The Morgan fingerprint density at radius 3 is 2.69 bits per heavy atom. The molecule has 0 atom stereocenters. The molecular formula is C15H18F3N7O. The minimum Gasteiger partial charge on any atom is -0.347 e. The van der Waals surface area contributed by atoms with Gasteiger partial charge in [0.05, 0.1) is 18.5 Å². The van der Waals surface area contributed by atoms with E-state index in [1.54, 1.807) is 13.0 Å². The molecule has 0 unspecified atom stereocenters. The number of amides is 1. The van der Waals surface area contributed by atoms with Crippen LogP contribution in [0, 0.1) is 12.3 Å². The Bertz CT molecular complexity index is 835. The molecule has 2 aromatic rings. The normalized spacial score (nSPS) is 11.3. The number of H-pyrrole nitrogens is 1. The molecule has 11 heteroatoms. The van der Waals surface area contributed by atoms with Crippen LogP contribution in [-0.4, -0.2) is 37.8 Å². The number of hydrogen-bond acceptors (Lipinski definition) is 5. The first kappa shape index (κ1) is 19.2. The standard InChI is InChI=1S/C15H18F3N7O/c1-4-20-13-11(9(3)19)12(24-25(13)6-5-15(16,17)18)14(26)21-10-7-8(2)22-23-10/h4,7,19-20H,1,5-6H2,2-3H3,(H2,21,22,23,26). The summed E-state index contributed by atoms with van der Waals surface area (Å²) in [6, 6.07) is 1.58. The highest BCUT2D eigenvalue weighted by molar-refractivity contribution is 6.13. The highest BCUT2D eigenvalue weighted by atomic mass is 19.4. The lowest BCUT2D eigenvalue weighted by Crippen LogP contribution is -2.17. The van der Waals surface area contributed by atoms with Crippen molar-refractivity contribution in [1.29, 1.82) is 5.41 Å². The van der Waals surface area contributed by atoms with Crippen LogP contribution < -0.4 is 10.6 Å². The molecule has 0 aliphatic rings. The topological polar surface area (TPSA) is 111 Å². The second kappa shape index (κ2) is 7.42. The second-order valence-corrected chi connectivity index (χ2v) is 5.52. The molecule has 0 radical (unpaired) electrons. The molecule has 0 aliphatic heterocycles. The summed E-state index contributed by atoms with van der Waals surface area (Å²) in [5.41, 5.74) is 0.603. The number of hydrogen-bond donors (Lipinski definition) is 4. The Kier molecular flexibility index (Phi) is 5.48. The number of aryl methyl sites for hydroxylation is 2. The Hall–Kier alpha value is -3.11. The smallest absolute Gasteiger partial charge is 0.347 e. The first-order chi connectivity index (χ1) is 12.1. The number of anilines is 2. The van der Waals surface area contributed by atoms with E-state index in [9.17, 15) is 18.0 Å². The van der Waals surface area contributed by atoms with Gasteiger partial charge in [0.25, 0.3) is 5.91 Å². The Morgan fingerprint density at radius 2 is 2.19 bits per heavy atom. The van der Waals surface area contributed by atoms with Crippen molar-refractivity contribution in [3.8, 4) is 0 Å². The maximum Gasteiger partial charge on any atom is 0.390 e. The maximum atomic E-state index is 12.6. The molecule has 0 aliphatic carbocycles. The monoisotopic (exact) mass is 369 g/mol. The number of rotatable bonds is 7. The number of aromatic nitrogens is 4. The lowest BCUT2D eigenvalue weighted by molar-refractivity contribution is -0.137. The van der Waals surface area contributed by atoms with Gasteiger partial charge in [0, 0.05) is 17.5 Å². The molecule has 26 heavy (non-hydrogen) atoms. The average molecular weight is 369 g/mol. The molecule has 0 spiro atoms. The molecule has 0 aromatic carbocycles. The highest BCUT2D eigenvalue weighted by Gasteiger charge is 2.30. The van der Waals surface area contributed by atoms with Crippen LogP contribution in [0.4, 0.5) is 24.8 Å². The summed E-state index contributed by atoms with van der Waals surface area (Å²) in [5.74, 6) is -0.347. The van der Waals surface area contributed by atoms with Crippen LogP contribution in [0.15, 0.2) is 18.8 Å². The van der Waals surface area contributed by atoms with Crippen molar-refractivity contribution in [3.05, 3.63) is 35.8 Å². The van der Waals surface area contributed by atoms with Gasteiger partial charge in [-0.1, -0.05) is 6.58 Å². The minimum atomic E-state index is -4.38. The fourth-order valence-corrected chi connectivity index (χ4v) is 2.27. The molecule has 2 aromatic heterocycles. The first-order valence-corrected chi connectivity index (χ1v) is 7.56. The molecule has 140 valence electrons. The van der Waals surface area contributed by atoms with Crippen LogP contribution in [0.5, 0.6) is 0 Å². The van der Waals surface area contributed by atoms with Crippen molar-refractivity contribution in [2.45, 2.75) is 33.0 Å². The van der Waals surface area contributed by atoms with Crippen molar-refractivity contribution < 1.29 is 18.0 Å². The van der Waals surface area contributed by atoms with Crippen molar-refractivity contribution in [2.24, 2.45) is 0 Å². The van der Waals surface area contributed by atoms with Gasteiger partial charge in [-0.25, -0.2) is 4.68 Å². The largest absolute Gasteiger partial charge is 0.390 e. The van der Waals surface area contributed by atoms with Gasteiger partial charge in [-0.2, -0.15) is 23.4 Å². The van der Waals surface area contributed by atoms with E-state index >= 15 is 0 Å². The molecule has 0 saturated carbocycles. The van der Waals surface area contributed by atoms with Gasteiger partial charge in [-0.15, -0.1) is 0 Å². The fourth-order valence-electron chi connectivity index (χ4n) is 2.27. The van der Waals surface area contributed by atoms with Gasteiger partial charge < -0.3 is 16.0 Å². The van der Waals surface area contributed by atoms with Crippen LogP contribution in [0.1, 0.15) is 35.1 Å². The third-order valence-electron chi connectivity index (χ3n) is 3.34. The molecule has 0 bridgehead atoms. The zero-order chi connectivity index (χ0) is 19.5. The Morgan fingerprint density at radius 1 is 1.50 bits per heavy atom. The third kappa shape index (κ3) is 4.49. The second-order valence-electron chi connectivity index (χ2n) is 5.52. The molecule has 1 amide bonds. The molecule has 2 rings (SSSR count). The van der Waals surface area contributed by atoms with E-state index in [2.05, 4.69) is 32.5 Å². The van der Waals surface area contributed by atoms with Crippen LogP contribution in [-0.2, 0) is 6.54 Å². The summed E-state index contributed by atoms with van der Waals surface area (Å²) in [5, 5.41) is 23.5. The van der Waals surface area contributed by atoms with E-state index in [0.717, 1.165) is 4.68 Å². The Balaban J connectivity index is 2.41. The molecule has 2 heterocycles. The van der Waals surface area contributed by atoms with E-state index in [1.807, 2.05) is 0 Å². The summed E-state index contributed by atoms with van der Waals surface area (Å²) in [7, 11) is 0. The van der Waals surface area contributed by atoms with Gasteiger partial charge in [-0.05, 0) is 20.0 Å². The number of nitrogens with zero attached hydrogens (tertiary/aromatic N) is 3. The molecule has 4 N–H and O–H groups in total. The summed E-state index contributed by atoms with van der Waals surface area (Å²) in [6.07, 6.45) is -4.27. The van der Waals surface area contributed by atoms with Crippen molar-refractivity contribution >= 4 is 23.3 Å². The van der Waals surface area contributed by atoms with Crippen molar-refractivity contribution in [1.82, 2.24) is 20.0 Å². The first-order valence-electron chi connectivity index (χ1n) is 7.56. The van der Waals surface area contributed by atoms with E-state index in [4.69, 9.17) is 5.41 Å². The van der Waals surface area contributed by atoms with Gasteiger partial charge in [0.2, 0.25) is 0 Å². The maximum absolute atomic E-state index is 12.6. The summed E-state index contributed by atoms with van der Waals surface area (Å²) < 4.78 is 38.7. The zero-order valence-electron chi connectivity index (χ0n) is 14.2. The summed E-state index contributed by atoms with van der Waals surface area (Å²) in [4.78, 5) is 12.5. The van der Waals surface area contributed by atoms with E-state index in [0.29, 0.717) is 5.69 Å². The van der Waals surface area contributed by atoms with Crippen molar-refractivity contribution in [3.63, 3.8) is 0 Å². The van der Waals surface area contributed by atoms with Gasteiger partial charge in [0.1, 0.15) is 5.82 Å². The van der Waals surface area contributed by atoms with Crippen LogP contribution in [0.3, 0.4) is 0 Å². The third-order valence-corrected chi connectivity index (χ3v) is 3.34. The minimum absolute atomic E-state index is 0.0315. The van der Waals surface area contributed by atoms with Crippen LogP contribution in [0.2, 0.25) is 0 Å².